The van der Waals surface area contributed by atoms with Gasteiger partial charge >= 0.3 is 6.18 Å². The van der Waals surface area contributed by atoms with Gasteiger partial charge in [-0.05, 0) is 17.7 Å². The van der Waals surface area contributed by atoms with Crippen LogP contribution in [0.5, 0.6) is 11.5 Å². The van der Waals surface area contributed by atoms with Crippen LogP contribution >= 0.6 is 0 Å². The zero-order valence-corrected chi connectivity index (χ0v) is 9.41. The molecule has 6 heteroatoms. The molecular weight excluding hydrogens is 237 g/mol. The highest BCUT2D eigenvalue weighted by Crippen LogP contribution is 2.34. The molecule has 0 heterocycles. The van der Waals surface area contributed by atoms with E-state index in [4.69, 9.17) is 9.47 Å². The van der Waals surface area contributed by atoms with Crippen LogP contribution in [0.2, 0.25) is 0 Å². The minimum atomic E-state index is -4.41. The number of alkyl halides is 3. The normalized spacial score (nSPS) is 13.3. The molecule has 0 spiro atoms. The molecule has 0 aliphatic rings. The predicted octanol–water partition coefficient (Wildman–Crippen LogP) is 2.69. The van der Waals surface area contributed by atoms with Crippen molar-refractivity contribution in [2.45, 2.75) is 18.7 Å². The Labute approximate surface area is 96.8 Å². The lowest BCUT2D eigenvalue weighted by Gasteiger charge is -2.15. The second-order valence-corrected chi connectivity index (χ2v) is 3.45. The first kappa shape index (κ1) is 13.6. The molecule has 3 nitrogen and oxygen atoms in total. The van der Waals surface area contributed by atoms with E-state index in [0.717, 1.165) is 0 Å². The monoisotopic (exact) mass is 250 g/mol. The van der Waals surface area contributed by atoms with Crippen LogP contribution in [0.15, 0.2) is 18.2 Å². The lowest BCUT2D eigenvalue weighted by atomic mass is 10.1. The number of ether oxygens (including phenoxy) is 2. The van der Waals surface area contributed by atoms with Gasteiger partial charge in [0.05, 0.1) is 26.7 Å². The fourth-order valence-corrected chi connectivity index (χ4v) is 1.40. The topological polar surface area (TPSA) is 38.7 Å². The van der Waals surface area contributed by atoms with Crippen LogP contribution in [0.3, 0.4) is 0 Å². The zero-order chi connectivity index (χ0) is 13.1. The lowest BCUT2D eigenvalue weighted by molar-refractivity contribution is -0.154. The minimum Gasteiger partial charge on any atom is -0.493 e. The third-order valence-electron chi connectivity index (χ3n) is 2.22. The number of hydrogen-bond acceptors (Lipinski definition) is 3. The number of aliphatic hydroxyl groups is 1. The van der Waals surface area contributed by atoms with Crippen molar-refractivity contribution >= 4 is 0 Å². The molecule has 1 unspecified atom stereocenters. The molecular formula is C11H13F3O3. The Morgan fingerprint density at radius 3 is 2.24 bits per heavy atom. The molecule has 1 aromatic rings. The highest BCUT2D eigenvalue weighted by molar-refractivity contribution is 5.43. The SMILES string of the molecule is COc1ccc(C(O)CC(F)(F)F)cc1OC. The van der Waals surface area contributed by atoms with Gasteiger partial charge in [-0.2, -0.15) is 13.2 Å². The van der Waals surface area contributed by atoms with E-state index in [1.807, 2.05) is 0 Å². The first-order valence-electron chi connectivity index (χ1n) is 4.84. The van der Waals surface area contributed by atoms with Gasteiger partial charge in [-0.3, -0.25) is 0 Å². The molecule has 0 bridgehead atoms. The van der Waals surface area contributed by atoms with Gasteiger partial charge in [-0.25, -0.2) is 0 Å². The molecule has 96 valence electrons. The Morgan fingerprint density at radius 1 is 1.18 bits per heavy atom. The summed E-state index contributed by atoms with van der Waals surface area (Å²) in [5, 5.41) is 9.42. The molecule has 0 aliphatic heterocycles. The molecule has 0 saturated heterocycles. The molecule has 0 saturated carbocycles. The Morgan fingerprint density at radius 2 is 1.76 bits per heavy atom. The van der Waals surface area contributed by atoms with Crippen molar-refractivity contribution < 1.29 is 27.8 Å². The smallest absolute Gasteiger partial charge is 0.391 e. The van der Waals surface area contributed by atoms with Gasteiger partial charge in [0, 0.05) is 0 Å². The number of hydrogen-bond donors (Lipinski definition) is 1. The summed E-state index contributed by atoms with van der Waals surface area (Å²) in [6.07, 6.45) is -7.30. The van der Waals surface area contributed by atoms with Crippen molar-refractivity contribution in [3.63, 3.8) is 0 Å². The second-order valence-electron chi connectivity index (χ2n) is 3.45. The third kappa shape index (κ3) is 3.81. The Bertz CT molecular complexity index is 377. The van der Waals surface area contributed by atoms with Crippen LogP contribution in [0.1, 0.15) is 18.1 Å². The van der Waals surface area contributed by atoms with Crippen LogP contribution in [0.25, 0.3) is 0 Å². The summed E-state index contributed by atoms with van der Waals surface area (Å²) in [4.78, 5) is 0. The molecule has 1 aromatic carbocycles. The van der Waals surface area contributed by atoms with E-state index in [2.05, 4.69) is 0 Å². The van der Waals surface area contributed by atoms with E-state index >= 15 is 0 Å². The molecule has 1 atom stereocenters. The van der Waals surface area contributed by atoms with Gasteiger partial charge in [0.1, 0.15) is 0 Å². The quantitative estimate of drug-likeness (QED) is 0.892. The highest BCUT2D eigenvalue weighted by Gasteiger charge is 2.32. The maximum Gasteiger partial charge on any atom is 0.391 e. The van der Waals surface area contributed by atoms with E-state index in [0.29, 0.717) is 5.75 Å². The molecule has 0 amide bonds. The number of methoxy groups -OCH3 is 2. The van der Waals surface area contributed by atoms with Crippen molar-refractivity contribution in [2.75, 3.05) is 14.2 Å². The Balaban J connectivity index is 2.92. The largest absolute Gasteiger partial charge is 0.493 e. The molecule has 0 radical (unpaired) electrons. The molecule has 17 heavy (non-hydrogen) atoms. The maximum atomic E-state index is 12.1. The van der Waals surface area contributed by atoms with Gasteiger partial charge in [-0.1, -0.05) is 6.07 Å². The van der Waals surface area contributed by atoms with E-state index in [1.165, 1.54) is 32.4 Å². The Hall–Kier alpha value is -1.43. The summed E-state index contributed by atoms with van der Waals surface area (Å²) in [5.74, 6) is 0.682. The fraction of sp³-hybridized carbons (Fsp3) is 0.455. The minimum absolute atomic E-state index is 0.139. The van der Waals surface area contributed by atoms with Crippen molar-refractivity contribution in [2.24, 2.45) is 0 Å². The lowest BCUT2D eigenvalue weighted by Crippen LogP contribution is -2.13. The third-order valence-corrected chi connectivity index (χ3v) is 2.22. The fourth-order valence-electron chi connectivity index (χ4n) is 1.40. The van der Waals surface area contributed by atoms with Gasteiger partial charge in [0.2, 0.25) is 0 Å². The van der Waals surface area contributed by atoms with Gasteiger partial charge in [-0.15, -0.1) is 0 Å². The van der Waals surface area contributed by atoms with E-state index in [1.54, 1.807) is 0 Å². The van der Waals surface area contributed by atoms with Crippen LogP contribution in [-0.4, -0.2) is 25.5 Å². The van der Waals surface area contributed by atoms with Crippen molar-refractivity contribution in [3.8, 4) is 11.5 Å². The first-order chi connectivity index (χ1) is 7.87. The van der Waals surface area contributed by atoms with E-state index < -0.39 is 18.7 Å². The van der Waals surface area contributed by atoms with Crippen LogP contribution in [-0.2, 0) is 0 Å². The van der Waals surface area contributed by atoms with Crippen LogP contribution in [0, 0.1) is 0 Å². The van der Waals surface area contributed by atoms with Crippen molar-refractivity contribution in [3.05, 3.63) is 23.8 Å². The summed E-state index contributed by atoms with van der Waals surface area (Å²) < 4.78 is 46.2. The highest BCUT2D eigenvalue weighted by atomic mass is 19.4. The number of rotatable bonds is 4. The molecule has 1 N–H and O–H groups in total. The van der Waals surface area contributed by atoms with Gasteiger partial charge < -0.3 is 14.6 Å². The molecule has 0 aliphatic carbocycles. The summed E-state index contributed by atoms with van der Waals surface area (Å²) in [7, 11) is 2.79. The van der Waals surface area contributed by atoms with Gasteiger partial charge in [0.25, 0.3) is 0 Å². The number of halogens is 3. The average molecular weight is 250 g/mol. The zero-order valence-electron chi connectivity index (χ0n) is 9.41. The summed E-state index contributed by atoms with van der Waals surface area (Å²) in [5.41, 5.74) is 0.139. The standard InChI is InChI=1S/C11H13F3O3/c1-16-9-4-3-7(5-10(9)17-2)8(15)6-11(12,13)14/h3-5,8,15H,6H2,1-2H3. The van der Waals surface area contributed by atoms with E-state index in [9.17, 15) is 18.3 Å². The maximum absolute atomic E-state index is 12.1. The molecule has 0 aromatic heterocycles. The van der Waals surface area contributed by atoms with Crippen molar-refractivity contribution in [1.29, 1.82) is 0 Å². The summed E-state index contributed by atoms with van der Waals surface area (Å²) in [6.45, 7) is 0. The van der Waals surface area contributed by atoms with Gasteiger partial charge in [0.15, 0.2) is 11.5 Å². The summed E-state index contributed by atoms with van der Waals surface area (Å²) >= 11 is 0. The number of aliphatic hydroxyl groups excluding tert-OH is 1. The number of benzene rings is 1. The summed E-state index contributed by atoms with van der Waals surface area (Å²) in [6, 6.07) is 4.15. The van der Waals surface area contributed by atoms with Crippen LogP contribution < -0.4 is 9.47 Å². The molecule has 0 fully saturated rings. The van der Waals surface area contributed by atoms with Crippen LogP contribution in [0.4, 0.5) is 13.2 Å². The van der Waals surface area contributed by atoms with E-state index in [-0.39, 0.29) is 11.3 Å². The molecule has 1 rings (SSSR count). The first-order valence-corrected chi connectivity index (χ1v) is 4.84. The Kier molecular flexibility index (Phi) is 4.22. The average Bonchev–Trinajstić information content (AvgIpc) is 2.25. The van der Waals surface area contributed by atoms with Crippen molar-refractivity contribution in [1.82, 2.24) is 0 Å². The second kappa shape index (κ2) is 5.27. The predicted molar refractivity (Wildman–Crippen MR) is 55.2 cm³/mol.